The number of anilines is 2. The van der Waals surface area contributed by atoms with E-state index in [0.29, 0.717) is 11.5 Å². The molecule has 0 atom stereocenters. The van der Waals surface area contributed by atoms with Gasteiger partial charge in [-0.05, 0) is 35.0 Å². The Kier molecular flexibility index (Phi) is 2.63. The third kappa shape index (κ3) is 1.90. The minimum atomic E-state index is 0.294. The molecule has 5 heteroatoms. The number of benzene rings is 1. The van der Waals surface area contributed by atoms with E-state index in [0.717, 1.165) is 5.69 Å². The molecule has 4 nitrogen and oxygen atoms in total. The Bertz CT molecular complexity index is 742. The summed E-state index contributed by atoms with van der Waals surface area (Å²) in [6.07, 6.45) is 3.07. The van der Waals surface area contributed by atoms with Gasteiger partial charge in [-0.3, -0.25) is 0 Å². The molecule has 0 spiro atoms. The minimum Gasteiger partial charge on any atom is -0.338 e. The van der Waals surface area contributed by atoms with Crippen molar-refractivity contribution in [1.29, 1.82) is 5.26 Å². The van der Waals surface area contributed by atoms with Crippen LogP contribution in [0.5, 0.6) is 0 Å². The van der Waals surface area contributed by atoms with Gasteiger partial charge in [0.05, 0.1) is 0 Å². The summed E-state index contributed by atoms with van der Waals surface area (Å²) in [6, 6.07) is 10.1. The van der Waals surface area contributed by atoms with Crippen LogP contribution in [0.2, 0.25) is 0 Å². The second-order valence-electron chi connectivity index (χ2n) is 3.66. The van der Waals surface area contributed by atoms with Crippen molar-refractivity contribution < 1.29 is 0 Å². The van der Waals surface area contributed by atoms with Crippen LogP contribution in [0.1, 0.15) is 5.69 Å². The maximum Gasteiger partial charge on any atom is 0.183 e. The average molecular weight is 252 g/mol. The number of nitrogens with one attached hydrogen (secondary N) is 1. The van der Waals surface area contributed by atoms with Crippen molar-refractivity contribution in [3.63, 3.8) is 0 Å². The quantitative estimate of drug-likeness (QED) is 0.760. The summed E-state index contributed by atoms with van der Waals surface area (Å²) < 4.78 is 1.24. The van der Waals surface area contributed by atoms with E-state index in [1.54, 1.807) is 17.5 Å². The summed E-state index contributed by atoms with van der Waals surface area (Å²) in [6.45, 7) is 0. The number of hydrogen-bond donors (Lipinski definition) is 1. The first kappa shape index (κ1) is 10.7. The summed E-state index contributed by atoms with van der Waals surface area (Å²) in [5.41, 5.74) is 1.20. The van der Waals surface area contributed by atoms with Crippen molar-refractivity contribution in [2.45, 2.75) is 0 Å². The lowest BCUT2D eigenvalue weighted by Crippen LogP contribution is -1.98. The van der Waals surface area contributed by atoms with Crippen LogP contribution in [-0.2, 0) is 0 Å². The van der Waals surface area contributed by atoms with E-state index in [4.69, 9.17) is 5.26 Å². The highest BCUT2D eigenvalue weighted by Crippen LogP contribution is 2.25. The van der Waals surface area contributed by atoms with Crippen molar-refractivity contribution in [3.8, 4) is 6.07 Å². The zero-order valence-corrected chi connectivity index (χ0v) is 10.1. The average Bonchev–Trinajstić information content (AvgIpc) is 2.87. The molecule has 3 rings (SSSR count). The van der Waals surface area contributed by atoms with Gasteiger partial charge >= 0.3 is 0 Å². The number of nitriles is 1. The lowest BCUT2D eigenvalue weighted by molar-refractivity contribution is 1.16. The molecule has 0 aliphatic carbocycles. The van der Waals surface area contributed by atoms with E-state index in [-0.39, 0.29) is 0 Å². The van der Waals surface area contributed by atoms with Gasteiger partial charge in [0.1, 0.15) is 6.07 Å². The van der Waals surface area contributed by atoms with Crippen LogP contribution in [0.15, 0.2) is 42.0 Å². The second-order valence-corrected chi connectivity index (χ2v) is 4.61. The van der Waals surface area contributed by atoms with Crippen molar-refractivity contribution in [3.05, 3.63) is 47.7 Å². The first-order chi connectivity index (χ1) is 8.86. The molecule has 0 saturated heterocycles. The highest BCUT2D eigenvalue weighted by Gasteiger charge is 2.04. The van der Waals surface area contributed by atoms with Crippen LogP contribution in [0, 0.1) is 11.3 Å². The summed E-state index contributed by atoms with van der Waals surface area (Å²) in [7, 11) is 0. The van der Waals surface area contributed by atoms with Crippen molar-refractivity contribution in [2.75, 3.05) is 5.32 Å². The summed E-state index contributed by atoms with van der Waals surface area (Å²) in [5.74, 6) is 0.481. The lowest BCUT2D eigenvalue weighted by Gasteiger charge is -2.06. The van der Waals surface area contributed by atoms with Gasteiger partial charge in [0, 0.05) is 22.8 Å². The Morgan fingerprint density at radius 1 is 1.17 bits per heavy atom. The van der Waals surface area contributed by atoms with Gasteiger partial charge in [-0.2, -0.15) is 5.26 Å². The van der Waals surface area contributed by atoms with Crippen molar-refractivity contribution in [1.82, 2.24) is 9.97 Å². The number of aromatic nitrogens is 2. The molecule has 0 aliphatic rings. The maximum atomic E-state index is 8.94. The molecule has 18 heavy (non-hydrogen) atoms. The molecule has 3 aromatic rings. The Morgan fingerprint density at radius 3 is 2.94 bits per heavy atom. The third-order valence-corrected chi connectivity index (χ3v) is 3.42. The molecule has 0 fully saturated rings. The largest absolute Gasteiger partial charge is 0.338 e. The molecule has 0 radical (unpaired) electrons. The normalized spacial score (nSPS) is 10.2. The van der Waals surface area contributed by atoms with Crippen molar-refractivity contribution >= 4 is 32.9 Å². The molecule has 0 amide bonds. The smallest absolute Gasteiger partial charge is 0.183 e. The number of fused-ring (bicyclic) bond motifs is 1. The Morgan fingerprint density at radius 2 is 2.06 bits per heavy atom. The lowest BCUT2D eigenvalue weighted by atomic mass is 10.2. The van der Waals surface area contributed by atoms with E-state index in [1.807, 2.05) is 24.3 Å². The fraction of sp³-hybridized carbons (Fsp3) is 0. The van der Waals surface area contributed by atoms with Gasteiger partial charge in [0.25, 0.3) is 0 Å². The topological polar surface area (TPSA) is 61.6 Å². The van der Waals surface area contributed by atoms with Crippen molar-refractivity contribution in [2.24, 2.45) is 0 Å². The predicted octanol–water partition coefficient (Wildman–Crippen LogP) is 3.31. The van der Waals surface area contributed by atoms with E-state index in [9.17, 15) is 0 Å². The first-order valence-electron chi connectivity index (χ1n) is 5.32. The standard InChI is InChI=1S/C13H8N4S/c14-8-11-13(16-5-4-15-11)17-10-1-2-12-9(7-10)3-6-18-12/h1-7H,(H,16,17). The van der Waals surface area contributed by atoms with E-state index < -0.39 is 0 Å². The Hall–Kier alpha value is -2.45. The highest BCUT2D eigenvalue weighted by molar-refractivity contribution is 7.17. The van der Waals surface area contributed by atoms with Crippen LogP contribution in [-0.4, -0.2) is 9.97 Å². The molecule has 0 unspecified atom stereocenters. The Balaban J connectivity index is 1.98. The van der Waals surface area contributed by atoms with E-state index in [1.165, 1.54) is 16.3 Å². The first-order valence-corrected chi connectivity index (χ1v) is 6.20. The van der Waals surface area contributed by atoms with Crippen LogP contribution >= 0.6 is 11.3 Å². The monoisotopic (exact) mass is 252 g/mol. The highest BCUT2D eigenvalue weighted by atomic mass is 32.1. The number of hydrogen-bond acceptors (Lipinski definition) is 5. The van der Waals surface area contributed by atoms with Crippen LogP contribution in [0.4, 0.5) is 11.5 Å². The number of rotatable bonds is 2. The van der Waals surface area contributed by atoms with Crippen LogP contribution in [0.3, 0.4) is 0 Å². The van der Waals surface area contributed by atoms with Gasteiger partial charge in [0.2, 0.25) is 0 Å². The Labute approximate surface area is 108 Å². The van der Waals surface area contributed by atoms with E-state index in [2.05, 4.69) is 26.7 Å². The third-order valence-electron chi connectivity index (χ3n) is 2.52. The molecule has 2 aromatic heterocycles. The zero-order chi connectivity index (χ0) is 12.4. The summed E-state index contributed by atoms with van der Waals surface area (Å²) in [5, 5.41) is 15.3. The maximum absolute atomic E-state index is 8.94. The van der Waals surface area contributed by atoms with Gasteiger partial charge in [0.15, 0.2) is 11.5 Å². The molecule has 0 saturated carbocycles. The molecular weight excluding hydrogens is 244 g/mol. The van der Waals surface area contributed by atoms with Gasteiger partial charge in [-0.15, -0.1) is 11.3 Å². The zero-order valence-electron chi connectivity index (χ0n) is 9.29. The fourth-order valence-electron chi connectivity index (χ4n) is 1.69. The molecule has 1 aromatic carbocycles. The van der Waals surface area contributed by atoms with Crippen LogP contribution < -0.4 is 5.32 Å². The SMILES string of the molecule is N#Cc1nccnc1Nc1ccc2sccc2c1. The molecular formula is C13H8N4S. The molecule has 86 valence electrons. The van der Waals surface area contributed by atoms with E-state index >= 15 is 0 Å². The number of nitrogens with zero attached hydrogens (tertiary/aromatic N) is 3. The predicted molar refractivity (Wildman–Crippen MR) is 71.9 cm³/mol. The molecule has 1 N–H and O–H groups in total. The number of thiophene rings is 1. The molecule has 0 bridgehead atoms. The van der Waals surface area contributed by atoms with Crippen LogP contribution in [0.25, 0.3) is 10.1 Å². The van der Waals surface area contributed by atoms with Gasteiger partial charge in [-0.1, -0.05) is 0 Å². The second kappa shape index (κ2) is 4.43. The summed E-state index contributed by atoms with van der Waals surface area (Å²) >= 11 is 1.70. The molecule has 2 heterocycles. The minimum absolute atomic E-state index is 0.294. The fourth-order valence-corrected chi connectivity index (χ4v) is 2.46. The van der Waals surface area contributed by atoms with Gasteiger partial charge < -0.3 is 5.32 Å². The van der Waals surface area contributed by atoms with Gasteiger partial charge in [-0.25, -0.2) is 9.97 Å². The molecule has 0 aliphatic heterocycles. The summed E-state index contributed by atoms with van der Waals surface area (Å²) in [4.78, 5) is 8.08.